The molecule has 28 heavy (non-hydrogen) atoms. The third kappa shape index (κ3) is 3.43. The molecule has 1 aliphatic rings. The van der Waals surface area contributed by atoms with Gasteiger partial charge in [0.15, 0.2) is 0 Å². The minimum Gasteiger partial charge on any atom is -0.497 e. The highest BCUT2D eigenvalue weighted by Gasteiger charge is 2.44. The van der Waals surface area contributed by atoms with Gasteiger partial charge in [-0.25, -0.2) is 0 Å². The number of amides is 2. The SMILES string of the molecule is COC(=O)CN1C(=O)C(C)(C)c2cc(NC(=O)c3cccc(OC)c3)ccc21. The van der Waals surface area contributed by atoms with Crippen LogP contribution < -0.4 is 15.0 Å². The average molecular weight is 382 g/mol. The first-order chi connectivity index (χ1) is 13.3. The first-order valence-corrected chi connectivity index (χ1v) is 8.76. The van der Waals surface area contributed by atoms with E-state index in [9.17, 15) is 14.4 Å². The number of fused-ring (bicyclic) bond motifs is 1. The Bertz CT molecular complexity index is 952. The number of methoxy groups -OCH3 is 2. The standard InChI is InChI=1S/C21H22N2O5/c1-21(2)16-11-14(22-19(25)13-6-5-7-15(10-13)27-3)8-9-17(16)23(20(21)26)12-18(24)28-4/h5-11H,12H2,1-4H3,(H,22,25). The smallest absolute Gasteiger partial charge is 0.325 e. The fourth-order valence-corrected chi connectivity index (χ4v) is 3.23. The maximum absolute atomic E-state index is 12.8. The third-order valence-electron chi connectivity index (χ3n) is 4.85. The molecule has 0 unspecified atom stereocenters. The molecule has 3 rings (SSSR count). The van der Waals surface area contributed by atoms with Crippen LogP contribution in [0.3, 0.4) is 0 Å². The molecule has 2 amide bonds. The molecule has 0 radical (unpaired) electrons. The summed E-state index contributed by atoms with van der Waals surface area (Å²) in [6, 6.07) is 12.0. The van der Waals surface area contributed by atoms with Crippen LogP contribution >= 0.6 is 0 Å². The van der Waals surface area contributed by atoms with Gasteiger partial charge in [0.1, 0.15) is 12.3 Å². The minimum absolute atomic E-state index is 0.152. The lowest BCUT2D eigenvalue weighted by molar-refractivity contribution is -0.140. The number of rotatable bonds is 5. The Kier molecular flexibility index (Phi) is 5.09. The molecule has 1 aliphatic heterocycles. The number of anilines is 2. The predicted molar refractivity (Wildman–Crippen MR) is 105 cm³/mol. The number of hydrogen-bond donors (Lipinski definition) is 1. The van der Waals surface area contributed by atoms with Gasteiger partial charge in [0.2, 0.25) is 5.91 Å². The molecule has 7 heteroatoms. The lowest BCUT2D eigenvalue weighted by atomic mass is 9.86. The second-order valence-electron chi connectivity index (χ2n) is 7.01. The first kappa shape index (κ1) is 19.4. The van der Waals surface area contributed by atoms with Crippen LogP contribution in [0.1, 0.15) is 29.8 Å². The summed E-state index contributed by atoms with van der Waals surface area (Å²) in [4.78, 5) is 38.4. The number of esters is 1. The highest BCUT2D eigenvalue weighted by molar-refractivity contribution is 6.11. The summed E-state index contributed by atoms with van der Waals surface area (Å²) in [5.41, 5.74) is 1.58. The summed E-state index contributed by atoms with van der Waals surface area (Å²) in [7, 11) is 2.82. The summed E-state index contributed by atoms with van der Waals surface area (Å²) >= 11 is 0. The van der Waals surface area contributed by atoms with E-state index in [4.69, 9.17) is 4.74 Å². The van der Waals surface area contributed by atoms with Gasteiger partial charge < -0.3 is 19.7 Å². The Hall–Kier alpha value is -3.35. The predicted octanol–water partition coefficient (Wildman–Crippen LogP) is 2.74. The van der Waals surface area contributed by atoms with Crippen molar-refractivity contribution >= 4 is 29.2 Å². The van der Waals surface area contributed by atoms with Crippen molar-refractivity contribution in [1.29, 1.82) is 0 Å². The van der Waals surface area contributed by atoms with E-state index in [1.165, 1.54) is 19.1 Å². The molecule has 0 aromatic heterocycles. The quantitative estimate of drug-likeness (QED) is 0.804. The van der Waals surface area contributed by atoms with E-state index in [0.717, 1.165) is 5.56 Å². The molecule has 0 saturated heterocycles. The summed E-state index contributed by atoms with van der Waals surface area (Å²) in [6.07, 6.45) is 0. The topological polar surface area (TPSA) is 84.9 Å². The van der Waals surface area contributed by atoms with Crippen LogP contribution in [-0.2, 0) is 19.7 Å². The van der Waals surface area contributed by atoms with Gasteiger partial charge in [-0.05, 0) is 55.8 Å². The van der Waals surface area contributed by atoms with Crippen LogP contribution in [0, 0.1) is 0 Å². The van der Waals surface area contributed by atoms with Crippen molar-refractivity contribution in [2.75, 3.05) is 31.0 Å². The van der Waals surface area contributed by atoms with Crippen LogP contribution in [0.25, 0.3) is 0 Å². The van der Waals surface area contributed by atoms with Crippen LogP contribution in [0.15, 0.2) is 42.5 Å². The summed E-state index contributed by atoms with van der Waals surface area (Å²) in [5.74, 6) is -0.379. The van der Waals surface area contributed by atoms with Gasteiger partial charge in [0, 0.05) is 16.9 Å². The number of carbonyl (C=O) groups excluding carboxylic acids is 3. The zero-order chi connectivity index (χ0) is 20.5. The Morgan fingerprint density at radius 2 is 1.86 bits per heavy atom. The van der Waals surface area contributed by atoms with Crippen molar-refractivity contribution in [3.8, 4) is 5.75 Å². The lowest BCUT2D eigenvalue weighted by Crippen LogP contribution is -2.39. The van der Waals surface area contributed by atoms with Gasteiger partial charge in [0.25, 0.3) is 5.91 Å². The zero-order valence-electron chi connectivity index (χ0n) is 16.2. The number of hydrogen-bond acceptors (Lipinski definition) is 5. The molecule has 0 spiro atoms. The largest absolute Gasteiger partial charge is 0.497 e. The number of nitrogens with one attached hydrogen (secondary N) is 1. The first-order valence-electron chi connectivity index (χ1n) is 8.76. The molecule has 0 aliphatic carbocycles. The van der Waals surface area contributed by atoms with Crippen LogP contribution in [0.5, 0.6) is 5.75 Å². The number of nitrogens with zero attached hydrogens (tertiary/aromatic N) is 1. The van der Waals surface area contributed by atoms with E-state index in [1.807, 2.05) is 0 Å². The minimum atomic E-state index is -0.819. The molecule has 2 aromatic carbocycles. The van der Waals surface area contributed by atoms with E-state index in [0.29, 0.717) is 22.7 Å². The van der Waals surface area contributed by atoms with Crippen molar-refractivity contribution in [2.45, 2.75) is 19.3 Å². The number of benzene rings is 2. The summed E-state index contributed by atoms with van der Waals surface area (Å²) in [5, 5.41) is 2.84. The summed E-state index contributed by atoms with van der Waals surface area (Å²) in [6.45, 7) is 3.43. The monoisotopic (exact) mass is 382 g/mol. The normalized spacial score (nSPS) is 14.4. The van der Waals surface area contributed by atoms with Crippen LogP contribution in [0.4, 0.5) is 11.4 Å². The molecular formula is C21H22N2O5. The highest BCUT2D eigenvalue weighted by Crippen LogP contribution is 2.42. The van der Waals surface area contributed by atoms with Gasteiger partial charge >= 0.3 is 5.97 Å². The molecule has 146 valence electrons. The Morgan fingerprint density at radius 3 is 2.54 bits per heavy atom. The van der Waals surface area contributed by atoms with Gasteiger partial charge in [-0.2, -0.15) is 0 Å². The molecule has 0 atom stereocenters. The fourth-order valence-electron chi connectivity index (χ4n) is 3.23. The maximum Gasteiger partial charge on any atom is 0.325 e. The Balaban J connectivity index is 1.88. The van der Waals surface area contributed by atoms with Crippen molar-refractivity contribution in [1.82, 2.24) is 0 Å². The second kappa shape index (κ2) is 7.34. The average Bonchev–Trinajstić information content (AvgIpc) is 2.88. The Morgan fingerprint density at radius 1 is 1.11 bits per heavy atom. The molecule has 0 fully saturated rings. The fraction of sp³-hybridized carbons (Fsp3) is 0.286. The molecule has 1 heterocycles. The molecular weight excluding hydrogens is 360 g/mol. The van der Waals surface area contributed by atoms with Crippen molar-refractivity contribution in [2.24, 2.45) is 0 Å². The number of carbonyl (C=O) groups is 3. The zero-order valence-corrected chi connectivity index (χ0v) is 16.2. The van der Waals surface area contributed by atoms with Gasteiger partial charge in [-0.1, -0.05) is 6.07 Å². The number of ether oxygens (including phenoxy) is 2. The molecule has 0 bridgehead atoms. The molecule has 7 nitrogen and oxygen atoms in total. The van der Waals surface area contributed by atoms with E-state index < -0.39 is 11.4 Å². The Labute approximate surface area is 163 Å². The van der Waals surface area contributed by atoms with Gasteiger partial charge in [-0.15, -0.1) is 0 Å². The van der Waals surface area contributed by atoms with E-state index in [1.54, 1.807) is 56.3 Å². The second-order valence-corrected chi connectivity index (χ2v) is 7.01. The van der Waals surface area contributed by atoms with E-state index in [-0.39, 0.29) is 18.4 Å². The van der Waals surface area contributed by atoms with Crippen LogP contribution in [-0.4, -0.2) is 38.5 Å². The summed E-state index contributed by atoms with van der Waals surface area (Å²) < 4.78 is 9.83. The van der Waals surface area contributed by atoms with Crippen molar-refractivity contribution in [3.05, 3.63) is 53.6 Å². The highest BCUT2D eigenvalue weighted by atomic mass is 16.5. The van der Waals surface area contributed by atoms with Gasteiger partial charge in [-0.3, -0.25) is 14.4 Å². The molecule has 1 N–H and O–H groups in total. The van der Waals surface area contributed by atoms with E-state index in [2.05, 4.69) is 10.1 Å². The molecule has 0 saturated carbocycles. The van der Waals surface area contributed by atoms with Crippen molar-refractivity contribution < 1.29 is 23.9 Å². The van der Waals surface area contributed by atoms with Crippen molar-refractivity contribution in [3.63, 3.8) is 0 Å². The van der Waals surface area contributed by atoms with Gasteiger partial charge in [0.05, 0.1) is 19.6 Å². The maximum atomic E-state index is 12.8. The van der Waals surface area contributed by atoms with Crippen LogP contribution in [0.2, 0.25) is 0 Å². The van der Waals surface area contributed by atoms with E-state index >= 15 is 0 Å². The lowest BCUT2D eigenvalue weighted by Gasteiger charge is -2.19. The molecule has 2 aromatic rings. The third-order valence-corrected chi connectivity index (χ3v) is 4.85.